The zero-order valence-electron chi connectivity index (χ0n) is 28.5. The molecule has 1 N–H and O–H groups in total. The second kappa shape index (κ2) is 16.8. The van der Waals surface area contributed by atoms with Gasteiger partial charge in [-0.2, -0.15) is 0 Å². The Morgan fingerprint density at radius 2 is 1.51 bits per heavy atom. The summed E-state index contributed by atoms with van der Waals surface area (Å²) >= 11 is 0. The monoisotopic (exact) mass is 625 g/mol. The third kappa shape index (κ3) is 9.30. The fraction of sp³-hybridized carbons (Fsp3) is 0.686. The molecule has 250 valence electrons. The van der Waals surface area contributed by atoms with Crippen LogP contribution >= 0.6 is 0 Å². The summed E-state index contributed by atoms with van der Waals surface area (Å²) < 4.78 is 0. The van der Waals surface area contributed by atoms with E-state index in [1.165, 1.54) is 16.7 Å². The van der Waals surface area contributed by atoms with Crippen LogP contribution in [-0.2, 0) is 30.4 Å². The molecule has 5 amide bonds. The Morgan fingerprint density at radius 3 is 2.09 bits per heavy atom. The summed E-state index contributed by atoms with van der Waals surface area (Å²) in [6.07, 6.45) is 5.65. The van der Waals surface area contributed by atoms with E-state index in [4.69, 9.17) is 0 Å². The van der Waals surface area contributed by atoms with Crippen LogP contribution in [0.15, 0.2) is 30.3 Å². The van der Waals surface area contributed by atoms with E-state index in [9.17, 15) is 24.0 Å². The number of nitrogens with zero attached hydrogens (tertiary/aromatic N) is 4. The molecule has 0 spiro atoms. The Labute approximate surface area is 269 Å². The second-order valence-electron chi connectivity index (χ2n) is 13.4. The zero-order valence-corrected chi connectivity index (χ0v) is 28.5. The van der Waals surface area contributed by atoms with Gasteiger partial charge in [-0.25, -0.2) is 0 Å². The number of hydrogen-bond donors (Lipinski definition) is 1. The third-order valence-corrected chi connectivity index (χ3v) is 9.60. The minimum Gasteiger partial charge on any atom is -0.342 e. The number of carbonyl (C=O) groups is 5. The first-order chi connectivity index (χ1) is 21.4. The molecule has 0 radical (unpaired) electrons. The van der Waals surface area contributed by atoms with E-state index in [1.807, 2.05) is 62.9 Å². The Bertz CT molecular complexity index is 1170. The predicted octanol–water partition coefficient (Wildman–Crippen LogP) is 3.48. The van der Waals surface area contributed by atoms with E-state index >= 15 is 0 Å². The molecule has 0 aliphatic carbocycles. The smallest absolute Gasteiger partial charge is 0.246 e. The van der Waals surface area contributed by atoms with Crippen molar-refractivity contribution in [3.8, 4) is 0 Å². The summed E-state index contributed by atoms with van der Waals surface area (Å²) in [5, 5.41) is 3.05. The summed E-state index contributed by atoms with van der Waals surface area (Å²) in [4.78, 5) is 74.5. The number of carbonyl (C=O) groups excluding carboxylic acids is 5. The molecule has 3 rings (SSSR count). The van der Waals surface area contributed by atoms with Crippen LogP contribution in [-0.4, -0.2) is 107 Å². The van der Waals surface area contributed by atoms with Crippen LogP contribution in [0.2, 0.25) is 0 Å². The quantitative estimate of drug-likeness (QED) is 0.361. The van der Waals surface area contributed by atoms with Gasteiger partial charge >= 0.3 is 0 Å². The number of nitrogens with one attached hydrogen (secondary N) is 1. The van der Waals surface area contributed by atoms with Gasteiger partial charge < -0.3 is 24.9 Å². The molecular weight excluding hydrogens is 570 g/mol. The highest BCUT2D eigenvalue weighted by Gasteiger charge is 2.42. The van der Waals surface area contributed by atoms with Gasteiger partial charge in [0.2, 0.25) is 29.5 Å². The number of piperidine rings is 1. The van der Waals surface area contributed by atoms with Crippen molar-refractivity contribution in [3.05, 3.63) is 35.9 Å². The summed E-state index contributed by atoms with van der Waals surface area (Å²) in [6, 6.07) is 6.60. The molecule has 45 heavy (non-hydrogen) atoms. The van der Waals surface area contributed by atoms with Gasteiger partial charge in [0, 0.05) is 47.1 Å². The van der Waals surface area contributed by atoms with E-state index in [2.05, 4.69) is 5.32 Å². The van der Waals surface area contributed by atoms with Crippen LogP contribution in [0.5, 0.6) is 0 Å². The molecule has 0 unspecified atom stereocenters. The number of hydrogen-bond acceptors (Lipinski definition) is 5. The fourth-order valence-electron chi connectivity index (χ4n) is 6.45. The predicted molar refractivity (Wildman–Crippen MR) is 175 cm³/mol. The Kier molecular flexibility index (Phi) is 13.4. The molecule has 0 aromatic heterocycles. The first-order valence-corrected chi connectivity index (χ1v) is 16.8. The van der Waals surface area contributed by atoms with Gasteiger partial charge in [0.15, 0.2) is 0 Å². The van der Waals surface area contributed by atoms with E-state index in [0.717, 1.165) is 31.2 Å². The van der Waals surface area contributed by atoms with Crippen LogP contribution in [0.4, 0.5) is 0 Å². The summed E-state index contributed by atoms with van der Waals surface area (Å²) in [5.74, 6) is -1.15. The van der Waals surface area contributed by atoms with E-state index in [0.29, 0.717) is 45.3 Å². The lowest BCUT2D eigenvalue weighted by Crippen LogP contribution is -2.59. The number of likely N-dealkylation sites (tertiary alicyclic amines) is 2. The molecule has 2 saturated heterocycles. The van der Waals surface area contributed by atoms with Gasteiger partial charge in [-0.3, -0.25) is 24.0 Å². The lowest BCUT2D eigenvalue weighted by molar-refractivity contribution is -0.151. The van der Waals surface area contributed by atoms with Crippen molar-refractivity contribution in [1.29, 1.82) is 0 Å². The molecule has 0 saturated carbocycles. The van der Waals surface area contributed by atoms with Gasteiger partial charge in [0.1, 0.15) is 24.2 Å². The van der Waals surface area contributed by atoms with Crippen molar-refractivity contribution in [1.82, 2.24) is 24.9 Å². The second-order valence-corrected chi connectivity index (χ2v) is 13.4. The van der Waals surface area contributed by atoms with Crippen molar-refractivity contribution in [2.45, 2.75) is 110 Å². The summed E-state index contributed by atoms with van der Waals surface area (Å²) in [6.45, 7) is 11.2. The molecule has 10 nitrogen and oxygen atoms in total. The first kappa shape index (κ1) is 36.0. The average Bonchev–Trinajstić information content (AvgIpc) is 3.53. The molecule has 2 aliphatic heterocycles. The Morgan fingerprint density at radius 1 is 0.867 bits per heavy atom. The highest BCUT2D eigenvalue weighted by atomic mass is 16.2. The van der Waals surface area contributed by atoms with Crippen LogP contribution in [0.25, 0.3) is 0 Å². The van der Waals surface area contributed by atoms with Crippen LogP contribution in [0.1, 0.15) is 85.1 Å². The highest BCUT2D eigenvalue weighted by molar-refractivity contribution is 5.96. The van der Waals surface area contributed by atoms with Crippen molar-refractivity contribution in [3.63, 3.8) is 0 Å². The molecule has 2 fully saturated rings. The Hall–Kier alpha value is -3.43. The number of rotatable bonds is 13. The number of likely N-dealkylation sites (N-methyl/N-ethyl adjacent to an activating group) is 2. The van der Waals surface area contributed by atoms with Gasteiger partial charge in [-0.1, -0.05) is 64.4 Å². The maximum Gasteiger partial charge on any atom is 0.246 e. The maximum atomic E-state index is 14.1. The van der Waals surface area contributed by atoms with Crippen LogP contribution < -0.4 is 5.32 Å². The normalized spacial score (nSPS) is 19.4. The van der Waals surface area contributed by atoms with Crippen LogP contribution in [0.3, 0.4) is 0 Å². The molecule has 2 aliphatic rings. The lowest BCUT2D eigenvalue weighted by atomic mass is 9.95. The van der Waals surface area contributed by atoms with Crippen molar-refractivity contribution < 1.29 is 24.0 Å². The standard InChI is InChI=1S/C35H55N5O5/c1-8-25(4)31(35(45)39-19-13-10-14-20-39)36-32(42)29(22-24(2)3)38(7)33(43)28-18-15-21-40(28)34(44)30(37(6)26(5)41)23-27-16-11-9-12-17-27/h9,11-12,16-17,24-25,28-31H,8,10,13-15,18-23H2,1-7H3,(H,36,42)/t25-,28-,29-,30-,31-/m0/s1. The van der Waals surface area contributed by atoms with E-state index < -0.39 is 24.2 Å². The minimum atomic E-state index is -0.796. The maximum absolute atomic E-state index is 14.1. The number of amides is 5. The van der Waals surface area contributed by atoms with Gasteiger partial charge in [0.25, 0.3) is 0 Å². The molecule has 2 heterocycles. The largest absolute Gasteiger partial charge is 0.342 e. The van der Waals surface area contributed by atoms with E-state index in [-0.39, 0.29) is 41.4 Å². The van der Waals surface area contributed by atoms with Crippen LogP contribution in [0, 0.1) is 11.8 Å². The fourth-order valence-corrected chi connectivity index (χ4v) is 6.45. The Balaban J connectivity index is 1.82. The molecule has 0 bridgehead atoms. The average molecular weight is 626 g/mol. The molecule has 1 aromatic rings. The van der Waals surface area contributed by atoms with Crippen molar-refractivity contribution >= 4 is 29.5 Å². The molecule has 5 atom stereocenters. The van der Waals surface area contributed by atoms with E-state index in [1.54, 1.807) is 19.0 Å². The minimum absolute atomic E-state index is 0.0544. The third-order valence-electron chi connectivity index (χ3n) is 9.60. The summed E-state index contributed by atoms with van der Waals surface area (Å²) in [5.41, 5.74) is 0.923. The molecule has 10 heteroatoms. The topological polar surface area (TPSA) is 110 Å². The highest BCUT2D eigenvalue weighted by Crippen LogP contribution is 2.25. The molecular formula is C35H55N5O5. The SMILES string of the molecule is CC[C@H](C)[C@H](NC(=O)[C@H](CC(C)C)N(C)C(=O)[C@@H]1CCCN1C(=O)[C@H](Cc1ccccc1)N(C)C(C)=O)C(=O)N1CCCCC1. The number of benzene rings is 1. The first-order valence-electron chi connectivity index (χ1n) is 16.8. The van der Waals surface area contributed by atoms with Crippen molar-refractivity contribution in [2.75, 3.05) is 33.7 Å². The van der Waals surface area contributed by atoms with Gasteiger partial charge in [-0.15, -0.1) is 0 Å². The van der Waals surface area contributed by atoms with Gasteiger partial charge in [0.05, 0.1) is 0 Å². The summed E-state index contributed by atoms with van der Waals surface area (Å²) in [7, 11) is 3.25. The zero-order chi connectivity index (χ0) is 33.3. The van der Waals surface area contributed by atoms with Gasteiger partial charge in [-0.05, 0) is 55.9 Å². The molecule has 1 aromatic carbocycles. The van der Waals surface area contributed by atoms with Crippen molar-refractivity contribution in [2.24, 2.45) is 11.8 Å². The lowest BCUT2D eigenvalue weighted by Gasteiger charge is -2.37.